The molecule has 1 aliphatic rings. The molecule has 0 amide bonds. The zero-order valence-electron chi connectivity index (χ0n) is 17.1. The Morgan fingerprint density at radius 1 is 1.03 bits per heavy atom. The quantitative estimate of drug-likeness (QED) is 0.363. The fourth-order valence-corrected chi connectivity index (χ4v) is 3.95. The van der Waals surface area contributed by atoms with Crippen molar-refractivity contribution in [3.05, 3.63) is 70.8 Å². The molecule has 3 nitrogen and oxygen atoms in total. The predicted octanol–water partition coefficient (Wildman–Crippen LogP) is 6.54. The van der Waals surface area contributed by atoms with E-state index in [2.05, 4.69) is 0 Å². The van der Waals surface area contributed by atoms with Crippen LogP contribution in [0.2, 0.25) is 0 Å². The Bertz CT molecular complexity index is 878. The van der Waals surface area contributed by atoms with Crippen LogP contribution in [-0.2, 0) is 26.6 Å². The first-order valence-corrected chi connectivity index (χ1v) is 10.1. The lowest BCUT2D eigenvalue weighted by Gasteiger charge is -2.39. The van der Waals surface area contributed by atoms with Gasteiger partial charge in [0, 0.05) is 12.3 Å². The molecular formula is C23H22F6O3. The summed E-state index contributed by atoms with van der Waals surface area (Å²) in [5, 5.41) is 0. The normalized spacial score (nSPS) is 23.0. The monoisotopic (exact) mass is 460 g/mol. The average Bonchev–Trinajstić information content (AvgIpc) is 2.73. The molecule has 3 rings (SSSR count). The van der Waals surface area contributed by atoms with Crippen molar-refractivity contribution in [2.24, 2.45) is 5.92 Å². The molecular weight excluding hydrogens is 438 g/mol. The zero-order chi connectivity index (χ0) is 23.5. The Morgan fingerprint density at radius 2 is 1.62 bits per heavy atom. The smallest absolute Gasteiger partial charge is 0.352 e. The molecule has 0 saturated carbocycles. The largest absolute Gasteiger partial charge is 0.416 e. The number of hydrogen-bond donors (Lipinski definition) is 0. The van der Waals surface area contributed by atoms with E-state index in [1.165, 1.54) is 6.92 Å². The molecule has 2 aromatic rings. The van der Waals surface area contributed by atoms with Crippen molar-refractivity contribution in [1.82, 2.24) is 0 Å². The van der Waals surface area contributed by atoms with E-state index in [1.54, 1.807) is 12.1 Å². The van der Waals surface area contributed by atoms with Gasteiger partial charge >= 0.3 is 12.4 Å². The van der Waals surface area contributed by atoms with Crippen LogP contribution in [0.3, 0.4) is 0 Å². The number of halogens is 6. The van der Waals surface area contributed by atoms with E-state index >= 15 is 0 Å². The van der Waals surface area contributed by atoms with Gasteiger partial charge in [-0.2, -0.15) is 26.3 Å². The van der Waals surface area contributed by atoms with Crippen LogP contribution in [0.1, 0.15) is 54.0 Å². The van der Waals surface area contributed by atoms with Gasteiger partial charge in [-0.15, -0.1) is 0 Å². The van der Waals surface area contributed by atoms with Gasteiger partial charge in [-0.25, -0.2) is 0 Å². The second-order valence-corrected chi connectivity index (χ2v) is 7.74. The van der Waals surface area contributed by atoms with Gasteiger partial charge in [0.15, 0.2) is 6.29 Å². The fourth-order valence-electron chi connectivity index (χ4n) is 3.95. The summed E-state index contributed by atoms with van der Waals surface area (Å²) in [5.74, 6) is -0.529. The van der Waals surface area contributed by atoms with Crippen molar-refractivity contribution in [1.29, 1.82) is 0 Å². The summed E-state index contributed by atoms with van der Waals surface area (Å²) in [6.07, 6.45) is -10.3. The Kier molecular flexibility index (Phi) is 7.29. The molecule has 1 unspecified atom stereocenters. The highest BCUT2D eigenvalue weighted by Gasteiger charge is 2.39. The minimum absolute atomic E-state index is 0.0835. The number of hydrogen-bond acceptors (Lipinski definition) is 3. The second-order valence-electron chi connectivity index (χ2n) is 7.74. The average molecular weight is 460 g/mol. The lowest BCUT2D eigenvalue weighted by molar-refractivity contribution is -0.209. The van der Waals surface area contributed by atoms with Crippen LogP contribution < -0.4 is 0 Å². The number of carbonyl (C=O) groups excluding carboxylic acids is 1. The molecule has 0 bridgehead atoms. The minimum Gasteiger partial charge on any atom is -0.352 e. The van der Waals surface area contributed by atoms with E-state index in [0.29, 0.717) is 18.6 Å². The Balaban J connectivity index is 1.93. The van der Waals surface area contributed by atoms with Crippen molar-refractivity contribution in [2.75, 3.05) is 6.61 Å². The van der Waals surface area contributed by atoms with E-state index in [-0.39, 0.29) is 30.6 Å². The first-order valence-electron chi connectivity index (χ1n) is 10.1. The third-order valence-corrected chi connectivity index (χ3v) is 5.57. The van der Waals surface area contributed by atoms with E-state index in [1.807, 2.05) is 18.2 Å². The fraction of sp³-hybridized carbons (Fsp3) is 0.435. The van der Waals surface area contributed by atoms with Gasteiger partial charge in [-0.1, -0.05) is 30.3 Å². The highest BCUT2D eigenvalue weighted by Crippen LogP contribution is 2.42. The molecule has 0 N–H and O–H groups in total. The molecule has 0 aliphatic carbocycles. The first kappa shape index (κ1) is 24.3. The number of alkyl halides is 6. The maximum Gasteiger partial charge on any atom is 0.416 e. The number of carbonyl (C=O) groups is 1. The Morgan fingerprint density at radius 3 is 2.16 bits per heavy atom. The van der Waals surface area contributed by atoms with Gasteiger partial charge in [-0.3, -0.25) is 0 Å². The molecule has 0 radical (unpaired) electrons. The molecule has 1 aliphatic heterocycles. The lowest BCUT2D eigenvalue weighted by Crippen LogP contribution is -2.37. The Labute approximate surface area is 181 Å². The maximum atomic E-state index is 13.2. The molecule has 0 spiro atoms. The summed E-state index contributed by atoms with van der Waals surface area (Å²) in [4.78, 5) is 11.2. The molecule has 32 heavy (non-hydrogen) atoms. The van der Waals surface area contributed by atoms with Crippen molar-refractivity contribution >= 4 is 6.29 Å². The Hall–Kier alpha value is -2.39. The van der Waals surface area contributed by atoms with E-state index < -0.39 is 41.8 Å². The van der Waals surface area contributed by atoms with E-state index in [9.17, 15) is 31.1 Å². The number of benzene rings is 2. The second kappa shape index (κ2) is 9.62. The lowest BCUT2D eigenvalue weighted by atomic mass is 9.80. The van der Waals surface area contributed by atoms with Crippen molar-refractivity contribution in [2.45, 2.75) is 50.4 Å². The zero-order valence-corrected chi connectivity index (χ0v) is 17.1. The summed E-state index contributed by atoms with van der Waals surface area (Å²) in [7, 11) is 0. The van der Waals surface area contributed by atoms with Crippen molar-refractivity contribution in [3.8, 4) is 0 Å². The number of rotatable bonds is 6. The van der Waals surface area contributed by atoms with Crippen LogP contribution in [0, 0.1) is 5.92 Å². The highest BCUT2D eigenvalue weighted by atomic mass is 19.4. The predicted molar refractivity (Wildman–Crippen MR) is 104 cm³/mol. The molecule has 1 fully saturated rings. The highest BCUT2D eigenvalue weighted by molar-refractivity contribution is 5.50. The van der Waals surface area contributed by atoms with Crippen molar-refractivity contribution < 1.29 is 40.6 Å². The maximum absolute atomic E-state index is 13.2. The van der Waals surface area contributed by atoms with Crippen LogP contribution in [0.25, 0.3) is 0 Å². The topological polar surface area (TPSA) is 35.5 Å². The van der Waals surface area contributed by atoms with Gasteiger partial charge in [0.2, 0.25) is 0 Å². The molecule has 9 heteroatoms. The van der Waals surface area contributed by atoms with Gasteiger partial charge in [0.1, 0.15) is 6.29 Å². The van der Waals surface area contributed by atoms with Crippen molar-refractivity contribution in [3.63, 3.8) is 0 Å². The van der Waals surface area contributed by atoms with Crippen LogP contribution >= 0.6 is 0 Å². The summed E-state index contributed by atoms with van der Waals surface area (Å²) in [5.41, 5.74) is -2.25. The van der Waals surface area contributed by atoms with Gasteiger partial charge in [-0.05, 0) is 48.6 Å². The molecule has 1 heterocycles. The molecule has 2 aromatic carbocycles. The third-order valence-electron chi connectivity index (χ3n) is 5.57. The van der Waals surface area contributed by atoms with Crippen LogP contribution in [-0.4, -0.2) is 19.2 Å². The summed E-state index contributed by atoms with van der Waals surface area (Å²) >= 11 is 0. The van der Waals surface area contributed by atoms with Crippen LogP contribution in [0.4, 0.5) is 26.3 Å². The van der Waals surface area contributed by atoms with Gasteiger partial charge < -0.3 is 14.3 Å². The number of ether oxygens (including phenoxy) is 2. The SMILES string of the molecule is CC(O[C@H]1OCC[C@@H](CC=O)[C@@H]1c1ccccc1)c1cc(C(F)(F)F)cc(C(F)(F)F)c1. The summed E-state index contributed by atoms with van der Waals surface area (Å²) in [6.45, 7) is 1.64. The standard InChI is InChI=1S/C23H22F6O3/c1-14(17-11-18(22(24,25)26)13-19(12-17)23(27,28)29)32-21-20(15-5-3-2-4-6-15)16(7-9-30)8-10-31-21/h2-6,9,11-14,16,20-21H,7-8,10H2,1H3/t14?,16-,20+,21-/m1/s1. The minimum atomic E-state index is -4.95. The summed E-state index contributed by atoms with van der Waals surface area (Å²) in [6, 6.07) is 10.4. The van der Waals surface area contributed by atoms with E-state index in [4.69, 9.17) is 9.47 Å². The third kappa shape index (κ3) is 5.69. The molecule has 1 saturated heterocycles. The van der Waals surface area contributed by atoms with E-state index in [0.717, 1.165) is 11.8 Å². The molecule has 4 atom stereocenters. The summed E-state index contributed by atoms with van der Waals surface area (Å²) < 4.78 is 90.9. The van der Waals surface area contributed by atoms with Gasteiger partial charge in [0.05, 0.1) is 23.8 Å². The van der Waals surface area contributed by atoms with Gasteiger partial charge in [0.25, 0.3) is 0 Å². The molecule has 174 valence electrons. The number of aldehydes is 1. The van der Waals surface area contributed by atoms with Crippen LogP contribution in [0.5, 0.6) is 0 Å². The molecule has 0 aromatic heterocycles. The first-order chi connectivity index (χ1) is 15.0. The van der Waals surface area contributed by atoms with Crippen LogP contribution in [0.15, 0.2) is 48.5 Å².